The lowest BCUT2D eigenvalue weighted by Gasteiger charge is -2.39. The molecule has 0 N–H and O–H groups in total. The summed E-state index contributed by atoms with van der Waals surface area (Å²) in [5.41, 5.74) is 0.539. The van der Waals surface area contributed by atoms with Crippen LogP contribution in [0.25, 0.3) is 26.5 Å². The number of fused-ring (bicyclic) bond motifs is 4. The molecule has 0 saturated heterocycles. The molecule has 6 nitrogen and oxygen atoms in total. The third-order valence-corrected chi connectivity index (χ3v) is 13.6. The summed E-state index contributed by atoms with van der Waals surface area (Å²) in [6.07, 6.45) is 0. The van der Waals surface area contributed by atoms with E-state index in [9.17, 15) is 20.9 Å². The molecule has 0 saturated carbocycles. The van der Waals surface area contributed by atoms with Crippen LogP contribution in [0.15, 0.2) is 64.7 Å². The largest absolute Gasteiger partial charge is 0.715 e. The molecule has 0 radical (unpaired) electrons. The Labute approximate surface area is 254 Å². The topological polar surface area (TPSA) is 100.0 Å². The first-order valence-corrected chi connectivity index (χ1v) is 16.4. The first-order valence-electron chi connectivity index (χ1n) is 12.8. The Balaban J connectivity index is 1.54. The molecule has 1 atom stereocenters. The molecule has 1 unspecified atom stereocenters. The zero-order valence-corrected chi connectivity index (χ0v) is 25.9. The summed E-state index contributed by atoms with van der Waals surface area (Å²) in [7, 11) is 0. The van der Waals surface area contributed by atoms with Crippen LogP contribution in [0.1, 0.15) is 58.7 Å². The first kappa shape index (κ1) is 27.8. The average molecular weight is 613 g/mol. The van der Waals surface area contributed by atoms with Gasteiger partial charge in [0.05, 0.1) is 39.4 Å². The normalized spacial score (nSPS) is 19.3. The molecule has 0 fully saturated rings. The molecular formula is C31H24N4O2S4. The summed E-state index contributed by atoms with van der Waals surface area (Å²) < 4.78 is 2.46. The number of hydroxylamine groups is 3. The van der Waals surface area contributed by atoms with Crippen LogP contribution in [0.5, 0.6) is 0 Å². The quantitative estimate of drug-likeness (QED) is 0.129. The summed E-state index contributed by atoms with van der Waals surface area (Å²) >= 11 is 7.14. The Morgan fingerprint density at radius 2 is 1.44 bits per heavy atom. The standard InChI is InChI=1S/C31H24N4O2S4/c1-30(2)31(3,4)35(37)27(34(30)36)23-13-20-7-5-18-11-22(26-17-40-29(41-26)28-38-9-10-39-28)12-19(24(18)15-32)6-8-21(14-23)25(20)16-33/h5-14,17,29H,1-4H3. The molecule has 6 rings (SSSR count). The van der Waals surface area contributed by atoms with E-state index in [0.717, 1.165) is 31.0 Å². The lowest BCUT2D eigenvalue weighted by Crippen LogP contribution is -2.52. The fourth-order valence-electron chi connectivity index (χ4n) is 5.00. The summed E-state index contributed by atoms with van der Waals surface area (Å²) in [5.74, 6) is 0.0216. The Kier molecular flexibility index (Phi) is 6.88. The molecule has 10 heteroatoms. The van der Waals surface area contributed by atoms with Gasteiger partial charge in [0.2, 0.25) is 0 Å². The maximum Gasteiger partial charge on any atom is 0.279 e. The van der Waals surface area contributed by atoms with Crippen molar-refractivity contribution in [3.63, 3.8) is 0 Å². The second kappa shape index (κ2) is 10.2. The van der Waals surface area contributed by atoms with Crippen molar-refractivity contribution in [2.24, 2.45) is 0 Å². The number of hydrogen-bond acceptors (Lipinski definition) is 8. The van der Waals surface area contributed by atoms with E-state index >= 15 is 0 Å². The summed E-state index contributed by atoms with van der Waals surface area (Å²) in [6, 6.07) is 19.4. The van der Waals surface area contributed by atoms with Crippen LogP contribution < -0.4 is 0 Å². The molecule has 3 aromatic carbocycles. The minimum atomic E-state index is -0.959. The third kappa shape index (κ3) is 4.42. The van der Waals surface area contributed by atoms with Gasteiger partial charge in [-0.05, 0) is 84.5 Å². The maximum atomic E-state index is 13.4. The van der Waals surface area contributed by atoms with Crippen LogP contribution in [0, 0.1) is 33.1 Å². The maximum absolute atomic E-state index is 13.4. The van der Waals surface area contributed by atoms with Gasteiger partial charge in [-0.25, -0.2) is 0 Å². The molecule has 0 spiro atoms. The molecule has 0 amide bonds. The van der Waals surface area contributed by atoms with Gasteiger partial charge < -0.3 is 10.4 Å². The van der Waals surface area contributed by atoms with Crippen molar-refractivity contribution in [3.8, 4) is 12.1 Å². The van der Waals surface area contributed by atoms with E-state index in [4.69, 9.17) is 0 Å². The number of hydrogen-bond donors (Lipinski definition) is 0. The van der Waals surface area contributed by atoms with Crippen LogP contribution in [0.3, 0.4) is 0 Å². The van der Waals surface area contributed by atoms with Crippen molar-refractivity contribution in [1.82, 2.24) is 5.06 Å². The minimum Gasteiger partial charge on any atom is -0.715 e. The molecular weight excluding hydrogens is 589 g/mol. The van der Waals surface area contributed by atoms with E-state index < -0.39 is 11.1 Å². The lowest BCUT2D eigenvalue weighted by atomic mass is 9.84. The van der Waals surface area contributed by atoms with Gasteiger partial charge in [-0.1, -0.05) is 36.0 Å². The Hall–Kier alpha value is -3.38. The number of thioether (sulfide) groups is 2. The highest BCUT2D eigenvalue weighted by atomic mass is 32.2. The highest BCUT2D eigenvalue weighted by Gasteiger charge is 2.54. The van der Waals surface area contributed by atoms with E-state index in [0.29, 0.717) is 32.0 Å². The predicted molar refractivity (Wildman–Crippen MR) is 173 cm³/mol. The second-order valence-corrected chi connectivity index (χ2v) is 15.5. The molecule has 2 aliphatic rings. The SMILES string of the molecule is CC1(C)N([O-])C(c2cc3ccc4cc(C5=CSC(c6scc[s+]6)S5)cc(ccc(c2)c3C#N)c4C#N)=[N+]([O-])C1(C)C. The molecule has 4 bridgehead atoms. The van der Waals surface area contributed by atoms with E-state index in [1.165, 1.54) is 4.19 Å². The van der Waals surface area contributed by atoms with E-state index in [1.807, 2.05) is 36.0 Å². The van der Waals surface area contributed by atoms with Crippen LogP contribution in [-0.2, 0) is 0 Å². The van der Waals surface area contributed by atoms with Gasteiger partial charge >= 0.3 is 0 Å². The second-order valence-electron chi connectivity index (χ2n) is 10.9. The zero-order chi connectivity index (χ0) is 29.1. The van der Waals surface area contributed by atoms with Crippen molar-refractivity contribution in [2.45, 2.75) is 43.4 Å². The van der Waals surface area contributed by atoms with Gasteiger partial charge in [0.15, 0.2) is 0 Å². The predicted octanol–water partition coefficient (Wildman–Crippen LogP) is 8.81. The van der Waals surface area contributed by atoms with Crippen LogP contribution in [0.4, 0.5) is 0 Å². The van der Waals surface area contributed by atoms with E-state index in [1.54, 1.807) is 86.4 Å². The summed E-state index contributed by atoms with van der Waals surface area (Å²) in [4.78, 5) is 1.15. The molecule has 1 aromatic heterocycles. The van der Waals surface area contributed by atoms with Gasteiger partial charge in [-0.2, -0.15) is 10.5 Å². The molecule has 41 heavy (non-hydrogen) atoms. The van der Waals surface area contributed by atoms with Gasteiger partial charge in [0, 0.05) is 4.91 Å². The smallest absolute Gasteiger partial charge is 0.279 e. The van der Waals surface area contributed by atoms with Crippen LogP contribution >= 0.6 is 46.2 Å². The van der Waals surface area contributed by atoms with Gasteiger partial charge in [0.25, 0.3) is 10.0 Å². The van der Waals surface area contributed by atoms with Gasteiger partial charge in [0.1, 0.15) is 38.6 Å². The average Bonchev–Trinajstić information content (AvgIpc) is 3.68. The fourth-order valence-corrected chi connectivity index (χ4v) is 9.94. The van der Waals surface area contributed by atoms with Gasteiger partial charge in [-0.3, -0.25) is 9.80 Å². The third-order valence-electron chi connectivity index (χ3n) is 8.10. The van der Waals surface area contributed by atoms with Crippen LogP contribution in [0.2, 0.25) is 0 Å². The number of nitriles is 2. The Morgan fingerprint density at radius 1 is 0.902 bits per heavy atom. The van der Waals surface area contributed by atoms with Crippen molar-refractivity contribution in [2.75, 3.05) is 0 Å². The number of amidine groups is 1. The molecule has 4 aromatic rings. The van der Waals surface area contributed by atoms with E-state index in [2.05, 4.69) is 28.3 Å². The molecule has 2 aliphatic heterocycles. The number of benzene rings is 2. The highest BCUT2D eigenvalue weighted by molar-refractivity contribution is 8.25. The summed E-state index contributed by atoms with van der Waals surface area (Å²) in [5, 5.41) is 56.8. The monoisotopic (exact) mass is 612 g/mol. The Morgan fingerprint density at radius 3 is 1.88 bits per heavy atom. The van der Waals surface area contributed by atoms with Crippen molar-refractivity contribution in [3.05, 3.63) is 102 Å². The van der Waals surface area contributed by atoms with E-state index in [-0.39, 0.29) is 5.84 Å². The number of rotatable bonds is 3. The van der Waals surface area contributed by atoms with Crippen molar-refractivity contribution >= 4 is 78.5 Å². The molecule has 204 valence electrons. The minimum absolute atomic E-state index is 0.0216. The molecule has 3 heterocycles. The van der Waals surface area contributed by atoms with Crippen molar-refractivity contribution in [1.29, 1.82) is 10.5 Å². The summed E-state index contributed by atoms with van der Waals surface area (Å²) in [6.45, 7) is 7.03. The Bertz CT molecular complexity index is 1850. The lowest BCUT2D eigenvalue weighted by molar-refractivity contribution is -0.539. The van der Waals surface area contributed by atoms with Crippen LogP contribution in [-0.4, -0.2) is 26.7 Å². The van der Waals surface area contributed by atoms with Crippen molar-refractivity contribution < 1.29 is 4.74 Å². The highest BCUT2D eigenvalue weighted by Crippen LogP contribution is 2.56. The van der Waals surface area contributed by atoms with Gasteiger partial charge in [-0.15, -0.1) is 11.8 Å². The zero-order valence-electron chi connectivity index (χ0n) is 22.7. The number of nitrogens with zero attached hydrogens (tertiary/aromatic N) is 4. The first-order chi connectivity index (χ1) is 19.6. The molecule has 0 aliphatic carbocycles. The fraction of sp³-hybridized carbons (Fsp3) is 0.226.